The molecule has 1 spiro atoms. The number of halogens is 1. The second kappa shape index (κ2) is 6.20. The molecule has 0 saturated carbocycles. The van der Waals surface area contributed by atoms with Gasteiger partial charge in [0.15, 0.2) is 5.60 Å². The van der Waals surface area contributed by atoms with Crippen molar-refractivity contribution in [2.24, 2.45) is 5.16 Å². The van der Waals surface area contributed by atoms with Crippen LogP contribution >= 0.6 is 15.9 Å². The maximum absolute atomic E-state index is 12.6. The van der Waals surface area contributed by atoms with Crippen molar-refractivity contribution in [3.05, 3.63) is 0 Å². The second-order valence-corrected chi connectivity index (χ2v) is 9.20. The SMILES string of the molecule is CC(C)(C)OC(=O)[C@@H]1C[C@]2(CC(Br)=NO2)CN1C(=O)OC(C)(C)C. The number of carbonyl (C=O) groups excluding carboxylic acids is 2. The first-order valence-electron chi connectivity index (χ1n) is 7.93. The third-order valence-electron chi connectivity index (χ3n) is 3.51. The van der Waals surface area contributed by atoms with E-state index in [-0.39, 0.29) is 6.54 Å². The van der Waals surface area contributed by atoms with E-state index in [1.807, 2.05) is 0 Å². The Kier molecular flexibility index (Phi) is 4.92. The van der Waals surface area contributed by atoms with E-state index in [2.05, 4.69) is 21.1 Å². The molecule has 1 fully saturated rings. The summed E-state index contributed by atoms with van der Waals surface area (Å²) in [5, 5.41) is 3.91. The Labute approximate surface area is 150 Å². The van der Waals surface area contributed by atoms with Crippen LogP contribution in [0.3, 0.4) is 0 Å². The highest BCUT2D eigenvalue weighted by molar-refractivity contribution is 9.18. The lowest BCUT2D eigenvalue weighted by Gasteiger charge is -2.29. The monoisotopic (exact) mass is 404 g/mol. The maximum atomic E-state index is 12.6. The highest BCUT2D eigenvalue weighted by Gasteiger charge is 2.55. The normalized spacial score (nSPS) is 27.0. The summed E-state index contributed by atoms with van der Waals surface area (Å²) >= 11 is 3.31. The lowest BCUT2D eigenvalue weighted by Crippen LogP contribution is -2.46. The van der Waals surface area contributed by atoms with Crippen LogP contribution in [0.4, 0.5) is 4.79 Å². The van der Waals surface area contributed by atoms with Crippen LogP contribution in [0.2, 0.25) is 0 Å². The zero-order valence-corrected chi connectivity index (χ0v) is 16.6. The molecule has 24 heavy (non-hydrogen) atoms. The van der Waals surface area contributed by atoms with Gasteiger partial charge in [0, 0.05) is 12.8 Å². The quantitative estimate of drug-likeness (QED) is 0.627. The number of hydrogen-bond acceptors (Lipinski definition) is 6. The van der Waals surface area contributed by atoms with Gasteiger partial charge in [0.05, 0.1) is 6.54 Å². The molecule has 2 aliphatic rings. The van der Waals surface area contributed by atoms with E-state index < -0.39 is 34.9 Å². The molecule has 2 atom stereocenters. The minimum Gasteiger partial charge on any atom is -0.458 e. The van der Waals surface area contributed by atoms with Crippen LogP contribution in [0, 0.1) is 0 Å². The molecule has 0 radical (unpaired) electrons. The van der Waals surface area contributed by atoms with Crippen LogP contribution in [0.1, 0.15) is 54.4 Å². The van der Waals surface area contributed by atoms with Gasteiger partial charge in [-0.15, -0.1) is 0 Å². The Bertz CT molecular complexity index is 526. The Morgan fingerprint density at radius 1 is 1.21 bits per heavy atom. The van der Waals surface area contributed by atoms with Gasteiger partial charge in [-0.25, -0.2) is 9.59 Å². The van der Waals surface area contributed by atoms with Crippen LogP contribution in [0.25, 0.3) is 0 Å². The summed E-state index contributed by atoms with van der Waals surface area (Å²) in [4.78, 5) is 32.0. The molecule has 0 aromatic heterocycles. The fraction of sp³-hybridized carbons (Fsp3) is 0.812. The van der Waals surface area contributed by atoms with Crippen LogP contribution in [0.15, 0.2) is 5.16 Å². The lowest BCUT2D eigenvalue weighted by atomic mass is 9.97. The third kappa shape index (κ3) is 4.62. The molecule has 0 aromatic rings. The van der Waals surface area contributed by atoms with Crippen molar-refractivity contribution >= 4 is 32.6 Å². The van der Waals surface area contributed by atoms with Gasteiger partial charge in [-0.1, -0.05) is 5.16 Å². The molecule has 1 amide bonds. The van der Waals surface area contributed by atoms with Crippen LogP contribution in [-0.4, -0.2) is 51.0 Å². The number of nitrogens with zero attached hydrogens (tertiary/aromatic N) is 2. The van der Waals surface area contributed by atoms with Gasteiger partial charge in [0.1, 0.15) is 21.9 Å². The average molecular weight is 405 g/mol. The van der Waals surface area contributed by atoms with Gasteiger partial charge in [-0.05, 0) is 57.5 Å². The number of amides is 1. The van der Waals surface area contributed by atoms with Gasteiger partial charge < -0.3 is 14.3 Å². The summed E-state index contributed by atoms with van der Waals surface area (Å²) < 4.78 is 11.6. The topological polar surface area (TPSA) is 77.4 Å². The molecule has 1 saturated heterocycles. The number of likely N-dealkylation sites (tertiary alicyclic amines) is 1. The van der Waals surface area contributed by atoms with Crippen molar-refractivity contribution in [1.29, 1.82) is 0 Å². The molecule has 2 heterocycles. The first kappa shape index (κ1) is 19.0. The average Bonchev–Trinajstić information content (AvgIpc) is 2.90. The summed E-state index contributed by atoms with van der Waals surface area (Å²) in [5.41, 5.74) is -2.00. The smallest absolute Gasteiger partial charge is 0.411 e. The molecular weight excluding hydrogens is 380 g/mol. The van der Waals surface area contributed by atoms with Crippen LogP contribution < -0.4 is 0 Å². The molecular formula is C16H25BrN2O5. The van der Waals surface area contributed by atoms with Crippen molar-refractivity contribution in [1.82, 2.24) is 4.90 Å². The number of hydrogen-bond donors (Lipinski definition) is 0. The Hall–Kier alpha value is -1.31. The minimum absolute atomic E-state index is 0.227. The molecule has 2 rings (SSSR count). The third-order valence-corrected chi connectivity index (χ3v) is 3.94. The summed E-state index contributed by atoms with van der Waals surface area (Å²) in [5.74, 6) is -0.461. The standard InChI is InChI=1S/C16H25BrN2O5/c1-14(2,3)22-12(20)10-7-16(8-11(17)18-24-16)9-19(10)13(21)23-15(4,5)6/h10H,7-9H2,1-6H3/t10-,16-/m0/s1. The number of carbonyl (C=O) groups is 2. The van der Waals surface area contributed by atoms with Gasteiger partial charge >= 0.3 is 12.1 Å². The van der Waals surface area contributed by atoms with Crippen molar-refractivity contribution < 1.29 is 23.9 Å². The molecule has 136 valence electrons. The first-order chi connectivity index (χ1) is 10.8. The van der Waals surface area contributed by atoms with Crippen molar-refractivity contribution in [2.45, 2.75) is 77.2 Å². The van der Waals surface area contributed by atoms with Gasteiger partial charge in [0.2, 0.25) is 0 Å². The van der Waals surface area contributed by atoms with Crippen molar-refractivity contribution in [3.63, 3.8) is 0 Å². The van der Waals surface area contributed by atoms with E-state index in [9.17, 15) is 9.59 Å². The van der Waals surface area contributed by atoms with Crippen molar-refractivity contribution in [3.8, 4) is 0 Å². The molecule has 2 aliphatic heterocycles. The van der Waals surface area contributed by atoms with Gasteiger partial charge in [-0.3, -0.25) is 4.90 Å². The van der Waals surface area contributed by atoms with Crippen LogP contribution in [0.5, 0.6) is 0 Å². The summed E-state index contributed by atoms with van der Waals surface area (Å²) in [6, 6.07) is -0.757. The zero-order valence-electron chi connectivity index (χ0n) is 15.0. The van der Waals surface area contributed by atoms with Crippen LogP contribution in [-0.2, 0) is 19.1 Å². The Morgan fingerprint density at radius 2 is 1.79 bits per heavy atom. The molecule has 0 aromatic carbocycles. The van der Waals surface area contributed by atoms with E-state index in [0.29, 0.717) is 17.5 Å². The fourth-order valence-electron chi connectivity index (χ4n) is 2.71. The highest BCUT2D eigenvalue weighted by Crippen LogP contribution is 2.39. The molecule has 0 unspecified atom stereocenters. The lowest BCUT2D eigenvalue weighted by molar-refractivity contribution is -0.160. The van der Waals surface area contributed by atoms with E-state index in [1.54, 1.807) is 41.5 Å². The number of esters is 1. The Morgan fingerprint density at radius 3 is 2.25 bits per heavy atom. The Balaban J connectivity index is 2.20. The molecule has 7 nitrogen and oxygen atoms in total. The fourth-order valence-corrected chi connectivity index (χ4v) is 3.29. The van der Waals surface area contributed by atoms with Gasteiger partial charge in [-0.2, -0.15) is 0 Å². The van der Waals surface area contributed by atoms with E-state index >= 15 is 0 Å². The first-order valence-corrected chi connectivity index (χ1v) is 8.73. The maximum Gasteiger partial charge on any atom is 0.411 e. The zero-order chi connectivity index (χ0) is 18.3. The molecule has 0 aliphatic carbocycles. The minimum atomic E-state index is -0.757. The van der Waals surface area contributed by atoms with Gasteiger partial charge in [0.25, 0.3) is 0 Å². The predicted octanol–water partition coefficient (Wildman–Crippen LogP) is 3.21. The van der Waals surface area contributed by atoms with Crippen molar-refractivity contribution in [2.75, 3.05) is 6.54 Å². The van der Waals surface area contributed by atoms with E-state index in [1.165, 1.54) is 4.90 Å². The number of oxime groups is 1. The largest absolute Gasteiger partial charge is 0.458 e. The second-order valence-electron chi connectivity index (χ2n) is 8.28. The van der Waals surface area contributed by atoms with E-state index in [4.69, 9.17) is 14.3 Å². The molecule has 0 N–H and O–H groups in total. The number of ether oxygens (including phenoxy) is 2. The number of rotatable bonds is 1. The molecule has 0 bridgehead atoms. The van der Waals surface area contributed by atoms with E-state index in [0.717, 1.165) is 0 Å². The summed E-state index contributed by atoms with van der Waals surface area (Å²) in [7, 11) is 0. The molecule has 8 heteroatoms. The highest BCUT2D eigenvalue weighted by atomic mass is 79.9. The summed E-state index contributed by atoms with van der Waals surface area (Å²) in [6.45, 7) is 10.9. The summed E-state index contributed by atoms with van der Waals surface area (Å²) in [6.07, 6.45) is 0.271. The predicted molar refractivity (Wildman–Crippen MR) is 92.0 cm³/mol.